The molecule has 2 heterocycles. The van der Waals surface area contributed by atoms with E-state index in [1.54, 1.807) is 11.8 Å². The van der Waals surface area contributed by atoms with E-state index in [-0.39, 0.29) is 17.9 Å². The Morgan fingerprint density at radius 1 is 1.11 bits per heavy atom. The number of aromatic nitrogens is 2. The van der Waals surface area contributed by atoms with Crippen LogP contribution in [-0.4, -0.2) is 51.4 Å². The largest absolute Gasteiger partial charge is 0.340 e. The molecule has 1 atom stereocenters. The molecule has 1 aromatic heterocycles. The summed E-state index contributed by atoms with van der Waals surface area (Å²) < 4.78 is 5.37. The molecule has 0 N–H and O–H groups in total. The van der Waals surface area contributed by atoms with E-state index >= 15 is 0 Å². The van der Waals surface area contributed by atoms with E-state index in [0.29, 0.717) is 50.1 Å². The topological polar surface area (TPSA) is 79.5 Å². The Kier molecular flexibility index (Phi) is 6.85. The molecule has 150 valence electrons. The van der Waals surface area contributed by atoms with E-state index in [2.05, 4.69) is 10.1 Å². The first-order valence-electron chi connectivity index (χ1n) is 10.5. The lowest BCUT2D eigenvalue weighted by Gasteiger charge is -2.29. The molecule has 7 heteroatoms. The van der Waals surface area contributed by atoms with Gasteiger partial charge in [-0.15, -0.1) is 0 Å². The molecule has 1 saturated carbocycles. The predicted octanol–water partition coefficient (Wildman–Crippen LogP) is 3.25. The van der Waals surface area contributed by atoms with Gasteiger partial charge < -0.3 is 14.3 Å². The molecule has 1 saturated heterocycles. The minimum absolute atomic E-state index is 0.0624. The summed E-state index contributed by atoms with van der Waals surface area (Å²) in [6.45, 7) is 5.36. The monoisotopic (exact) mass is 376 g/mol. The average Bonchev–Trinajstić information content (AvgIpc) is 3.00. The van der Waals surface area contributed by atoms with Crippen LogP contribution in [0.15, 0.2) is 4.52 Å². The van der Waals surface area contributed by atoms with Gasteiger partial charge >= 0.3 is 0 Å². The fraction of sp³-hybridized carbons (Fsp3) is 0.800. The van der Waals surface area contributed by atoms with Crippen molar-refractivity contribution in [2.45, 2.75) is 77.7 Å². The van der Waals surface area contributed by atoms with E-state index in [1.165, 1.54) is 32.1 Å². The second-order valence-electron chi connectivity index (χ2n) is 7.87. The highest BCUT2D eigenvalue weighted by atomic mass is 16.5. The Bertz CT molecular complexity index is 639. The molecule has 0 radical (unpaired) electrons. The van der Waals surface area contributed by atoms with Crippen LogP contribution in [0.1, 0.15) is 82.5 Å². The van der Waals surface area contributed by atoms with Crippen molar-refractivity contribution in [1.82, 2.24) is 19.9 Å². The van der Waals surface area contributed by atoms with Crippen LogP contribution in [0.5, 0.6) is 0 Å². The summed E-state index contributed by atoms with van der Waals surface area (Å²) >= 11 is 0. The second-order valence-corrected chi connectivity index (χ2v) is 7.87. The predicted molar refractivity (Wildman–Crippen MR) is 101 cm³/mol. The highest BCUT2D eigenvalue weighted by Crippen LogP contribution is 2.29. The summed E-state index contributed by atoms with van der Waals surface area (Å²) in [4.78, 5) is 33.4. The molecule has 1 aliphatic heterocycles. The molecule has 2 fully saturated rings. The summed E-state index contributed by atoms with van der Waals surface area (Å²) in [7, 11) is 0. The van der Waals surface area contributed by atoms with E-state index in [9.17, 15) is 9.59 Å². The second kappa shape index (κ2) is 9.33. The van der Waals surface area contributed by atoms with Crippen LogP contribution in [0.3, 0.4) is 0 Å². The van der Waals surface area contributed by atoms with Crippen molar-refractivity contribution in [2.75, 3.05) is 19.6 Å². The zero-order valence-electron chi connectivity index (χ0n) is 16.7. The number of carbonyl (C=O) groups excluding carboxylic acids is 2. The smallest absolute Gasteiger partial charge is 0.251 e. The van der Waals surface area contributed by atoms with Crippen molar-refractivity contribution >= 4 is 11.8 Å². The lowest BCUT2D eigenvalue weighted by atomic mass is 9.86. The van der Waals surface area contributed by atoms with Gasteiger partial charge in [-0.05, 0) is 25.7 Å². The fourth-order valence-corrected chi connectivity index (χ4v) is 4.34. The van der Waals surface area contributed by atoms with Gasteiger partial charge in [0.15, 0.2) is 5.82 Å². The number of carbonyl (C=O) groups is 2. The molecule has 2 aliphatic rings. The van der Waals surface area contributed by atoms with E-state index < -0.39 is 0 Å². The highest BCUT2D eigenvalue weighted by Gasteiger charge is 2.34. The van der Waals surface area contributed by atoms with Crippen molar-refractivity contribution in [1.29, 1.82) is 0 Å². The third kappa shape index (κ3) is 5.08. The molecule has 0 bridgehead atoms. The van der Waals surface area contributed by atoms with Crippen LogP contribution in [0.2, 0.25) is 0 Å². The molecule has 1 aromatic rings. The Labute approximate surface area is 161 Å². The summed E-state index contributed by atoms with van der Waals surface area (Å²) in [5.41, 5.74) is 0. The van der Waals surface area contributed by atoms with Crippen LogP contribution in [0.4, 0.5) is 0 Å². The number of hydrogen-bond donors (Lipinski definition) is 0. The zero-order chi connectivity index (χ0) is 19.2. The lowest BCUT2D eigenvalue weighted by molar-refractivity contribution is -0.136. The number of hydrogen-bond acceptors (Lipinski definition) is 5. The van der Waals surface area contributed by atoms with Gasteiger partial charge in [-0.1, -0.05) is 44.2 Å². The fourth-order valence-electron chi connectivity index (χ4n) is 4.34. The van der Waals surface area contributed by atoms with Crippen molar-refractivity contribution in [3.63, 3.8) is 0 Å². The first kappa shape index (κ1) is 19.8. The molecule has 2 amide bonds. The van der Waals surface area contributed by atoms with Gasteiger partial charge in [0.05, 0.1) is 6.54 Å². The van der Waals surface area contributed by atoms with Crippen molar-refractivity contribution in [3.8, 4) is 0 Å². The molecule has 0 aromatic carbocycles. The molecular formula is C20H32N4O3. The maximum absolute atomic E-state index is 12.9. The highest BCUT2D eigenvalue weighted by molar-refractivity contribution is 5.78. The number of aryl methyl sites for hydroxylation is 1. The van der Waals surface area contributed by atoms with Crippen LogP contribution in [0, 0.1) is 12.8 Å². The van der Waals surface area contributed by atoms with Crippen LogP contribution < -0.4 is 0 Å². The maximum Gasteiger partial charge on any atom is 0.251 e. The third-order valence-corrected chi connectivity index (χ3v) is 5.89. The summed E-state index contributed by atoms with van der Waals surface area (Å²) in [6, 6.07) is -0.347. The van der Waals surface area contributed by atoms with E-state index in [1.807, 2.05) is 11.8 Å². The average molecular weight is 377 g/mol. The van der Waals surface area contributed by atoms with Crippen LogP contribution >= 0.6 is 0 Å². The van der Waals surface area contributed by atoms with Crippen LogP contribution in [0.25, 0.3) is 0 Å². The maximum atomic E-state index is 12.9. The van der Waals surface area contributed by atoms with Crippen molar-refractivity contribution < 1.29 is 14.1 Å². The van der Waals surface area contributed by atoms with Gasteiger partial charge in [0.25, 0.3) is 5.89 Å². The summed E-state index contributed by atoms with van der Waals surface area (Å²) in [6.07, 6.45) is 9.25. The molecular weight excluding hydrogens is 344 g/mol. The first-order chi connectivity index (χ1) is 13.1. The van der Waals surface area contributed by atoms with Gasteiger partial charge in [-0.2, -0.15) is 4.98 Å². The number of rotatable bonds is 5. The van der Waals surface area contributed by atoms with Gasteiger partial charge in [0.2, 0.25) is 11.8 Å². The molecule has 1 aliphatic carbocycles. The number of nitrogens with zero attached hydrogens (tertiary/aromatic N) is 4. The Hall–Kier alpha value is -1.92. The zero-order valence-corrected chi connectivity index (χ0v) is 16.7. The molecule has 3 rings (SSSR count). The van der Waals surface area contributed by atoms with Gasteiger partial charge in [-0.3, -0.25) is 9.59 Å². The Morgan fingerprint density at radius 2 is 1.89 bits per heavy atom. The lowest BCUT2D eigenvalue weighted by Crippen LogP contribution is -2.40. The molecule has 7 nitrogen and oxygen atoms in total. The Balaban J connectivity index is 1.67. The number of amides is 2. The summed E-state index contributed by atoms with van der Waals surface area (Å²) in [5.74, 6) is 1.93. The molecule has 0 spiro atoms. The van der Waals surface area contributed by atoms with Gasteiger partial charge in [-0.25, -0.2) is 0 Å². The third-order valence-electron chi connectivity index (χ3n) is 5.89. The molecule has 27 heavy (non-hydrogen) atoms. The minimum atomic E-state index is -0.347. The van der Waals surface area contributed by atoms with E-state index in [4.69, 9.17) is 4.52 Å². The summed E-state index contributed by atoms with van der Waals surface area (Å²) in [5, 5.41) is 3.88. The van der Waals surface area contributed by atoms with Crippen molar-refractivity contribution in [3.05, 3.63) is 11.7 Å². The van der Waals surface area contributed by atoms with Gasteiger partial charge in [0.1, 0.15) is 6.04 Å². The minimum Gasteiger partial charge on any atom is -0.340 e. The molecule has 1 unspecified atom stereocenters. The normalized spacial score (nSPS) is 21.9. The van der Waals surface area contributed by atoms with Gasteiger partial charge in [0, 0.05) is 25.9 Å². The standard InChI is InChI=1S/C20H32N4O3/c1-3-18(25)24-13-7-12-23(14-17(24)20-21-15(2)22-27-20)19(26)11-10-16-8-5-4-6-9-16/h16-17H,3-14H2,1-2H3. The SMILES string of the molecule is CCC(=O)N1CCCN(C(=O)CCC2CCCCC2)CC1c1nc(C)no1. The van der Waals surface area contributed by atoms with Crippen LogP contribution in [-0.2, 0) is 9.59 Å². The first-order valence-corrected chi connectivity index (χ1v) is 10.5. The Morgan fingerprint density at radius 3 is 2.56 bits per heavy atom. The van der Waals surface area contributed by atoms with Crippen molar-refractivity contribution in [2.24, 2.45) is 5.92 Å². The quantitative estimate of drug-likeness (QED) is 0.788. The van der Waals surface area contributed by atoms with E-state index in [0.717, 1.165) is 12.8 Å².